The van der Waals surface area contributed by atoms with Gasteiger partial charge in [-0.05, 0) is 38.8 Å². The number of pyridine rings is 1. The van der Waals surface area contributed by atoms with Crippen molar-refractivity contribution in [2.24, 2.45) is 0 Å². The van der Waals surface area contributed by atoms with Gasteiger partial charge in [-0.3, -0.25) is 4.79 Å². The number of fused-ring (bicyclic) bond motifs is 1. The maximum absolute atomic E-state index is 12.3. The molecule has 2 aromatic heterocycles. The molecule has 1 atom stereocenters. The Morgan fingerprint density at radius 3 is 2.85 bits per heavy atom. The Bertz CT molecular complexity index is 648. The van der Waals surface area contributed by atoms with Gasteiger partial charge in [0.05, 0.1) is 5.69 Å². The van der Waals surface area contributed by atoms with Gasteiger partial charge in [-0.25, -0.2) is 4.98 Å². The third kappa shape index (κ3) is 2.77. The number of carbonyl (C=O) groups is 1. The fourth-order valence-electron chi connectivity index (χ4n) is 2.43. The van der Waals surface area contributed by atoms with E-state index in [0.717, 1.165) is 34.3 Å². The molecule has 3 N–H and O–H groups in total. The number of amides is 1. The molecule has 1 amide bonds. The molecule has 5 heteroatoms. The molecule has 0 radical (unpaired) electrons. The highest BCUT2D eigenvalue weighted by molar-refractivity contribution is 7.21. The first-order valence-electron chi connectivity index (χ1n) is 6.91. The van der Waals surface area contributed by atoms with Crippen LogP contribution in [0.15, 0.2) is 6.07 Å². The summed E-state index contributed by atoms with van der Waals surface area (Å²) in [5.41, 5.74) is 8.72. The van der Waals surface area contributed by atoms with E-state index in [9.17, 15) is 4.79 Å². The lowest BCUT2D eigenvalue weighted by atomic mass is 10.1. The SMILES string of the molecule is CCCC(C)NC(=O)c1sc2nc(C)cc(C)c2c1N. The Morgan fingerprint density at radius 1 is 1.50 bits per heavy atom. The number of nitrogens with zero attached hydrogens (tertiary/aromatic N) is 1. The maximum Gasteiger partial charge on any atom is 0.263 e. The standard InChI is InChI=1S/C15H21N3OS/c1-5-6-9(3)17-14(19)13-12(16)11-8(2)7-10(4)18-15(11)20-13/h7,9H,5-6,16H2,1-4H3,(H,17,19). The molecule has 0 saturated carbocycles. The molecule has 0 aromatic carbocycles. The Hall–Kier alpha value is -1.62. The number of aryl methyl sites for hydroxylation is 2. The molecule has 0 bridgehead atoms. The Kier molecular flexibility index (Phi) is 4.28. The minimum Gasteiger partial charge on any atom is -0.397 e. The maximum atomic E-state index is 12.3. The molecule has 2 rings (SSSR count). The van der Waals surface area contributed by atoms with Gasteiger partial charge in [-0.2, -0.15) is 0 Å². The van der Waals surface area contributed by atoms with E-state index in [4.69, 9.17) is 5.73 Å². The number of hydrogen-bond donors (Lipinski definition) is 2. The van der Waals surface area contributed by atoms with Gasteiger partial charge in [-0.15, -0.1) is 11.3 Å². The van der Waals surface area contributed by atoms with Crippen LogP contribution < -0.4 is 11.1 Å². The number of nitrogen functional groups attached to an aromatic ring is 1. The summed E-state index contributed by atoms with van der Waals surface area (Å²) in [6, 6.07) is 2.15. The highest BCUT2D eigenvalue weighted by Crippen LogP contribution is 2.34. The fourth-order valence-corrected chi connectivity index (χ4v) is 3.55. The van der Waals surface area contributed by atoms with Crippen LogP contribution in [0, 0.1) is 13.8 Å². The molecule has 0 aliphatic rings. The van der Waals surface area contributed by atoms with Gasteiger partial charge in [0.25, 0.3) is 5.91 Å². The molecule has 0 saturated heterocycles. The molecule has 20 heavy (non-hydrogen) atoms. The predicted molar refractivity (Wildman–Crippen MR) is 85.3 cm³/mol. The molecule has 0 fully saturated rings. The van der Waals surface area contributed by atoms with Crippen molar-refractivity contribution in [1.82, 2.24) is 10.3 Å². The van der Waals surface area contributed by atoms with Crippen LogP contribution in [0.1, 0.15) is 47.6 Å². The topological polar surface area (TPSA) is 68.0 Å². The van der Waals surface area contributed by atoms with E-state index >= 15 is 0 Å². The zero-order valence-corrected chi connectivity index (χ0v) is 13.2. The van der Waals surface area contributed by atoms with Gasteiger partial charge >= 0.3 is 0 Å². The summed E-state index contributed by atoms with van der Waals surface area (Å²) in [7, 11) is 0. The van der Waals surface area contributed by atoms with Gasteiger partial charge in [0, 0.05) is 17.1 Å². The summed E-state index contributed by atoms with van der Waals surface area (Å²) in [5, 5.41) is 3.91. The number of rotatable bonds is 4. The van der Waals surface area contributed by atoms with Crippen LogP contribution in [0.2, 0.25) is 0 Å². The second-order valence-corrected chi connectivity index (χ2v) is 6.27. The van der Waals surface area contributed by atoms with E-state index in [1.54, 1.807) is 0 Å². The van der Waals surface area contributed by atoms with E-state index in [-0.39, 0.29) is 11.9 Å². The average molecular weight is 291 g/mol. The lowest BCUT2D eigenvalue weighted by molar-refractivity contribution is 0.0943. The molecule has 2 heterocycles. The first-order valence-corrected chi connectivity index (χ1v) is 7.72. The number of anilines is 1. The summed E-state index contributed by atoms with van der Waals surface area (Å²) in [5.74, 6) is -0.0940. The van der Waals surface area contributed by atoms with Crippen LogP contribution in [-0.4, -0.2) is 16.9 Å². The number of aromatic nitrogens is 1. The van der Waals surface area contributed by atoms with Gasteiger partial charge < -0.3 is 11.1 Å². The molecule has 0 aliphatic carbocycles. The highest BCUT2D eigenvalue weighted by atomic mass is 32.1. The number of carbonyl (C=O) groups excluding carboxylic acids is 1. The number of nitrogens with one attached hydrogen (secondary N) is 1. The van der Waals surface area contributed by atoms with Gasteiger partial charge in [0.1, 0.15) is 9.71 Å². The summed E-state index contributed by atoms with van der Waals surface area (Å²) in [6.07, 6.45) is 2.01. The molecule has 1 unspecified atom stereocenters. The minimum atomic E-state index is -0.0940. The van der Waals surface area contributed by atoms with E-state index in [0.29, 0.717) is 10.6 Å². The quantitative estimate of drug-likeness (QED) is 0.907. The van der Waals surface area contributed by atoms with Gasteiger partial charge in [0.2, 0.25) is 0 Å². The minimum absolute atomic E-state index is 0.0940. The predicted octanol–water partition coefficient (Wildman–Crippen LogP) is 3.41. The summed E-state index contributed by atoms with van der Waals surface area (Å²) >= 11 is 1.37. The van der Waals surface area contributed by atoms with Crippen LogP contribution in [0.4, 0.5) is 5.69 Å². The van der Waals surface area contributed by atoms with Crippen molar-refractivity contribution < 1.29 is 4.79 Å². The number of nitrogens with two attached hydrogens (primary N) is 1. The summed E-state index contributed by atoms with van der Waals surface area (Å²) in [4.78, 5) is 18.2. The lowest BCUT2D eigenvalue weighted by Gasteiger charge is -2.11. The van der Waals surface area contributed by atoms with Crippen molar-refractivity contribution in [2.75, 3.05) is 5.73 Å². The van der Waals surface area contributed by atoms with Crippen molar-refractivity contribution >= 4 is 33.1 Å². The zero-order valence-electron chi connectivity index (χ0n) is 12.4. The highest BCUT2D eigenvalue weighted by Gasteiger charge is 2.19. The molecule has 4 nitrogen and oxygen atoms in total. The Labute approximate surface area is 123 Å². The Balaban J connectivity index is 2.38. The third-order valence-corrected chi connectivity index (χ3v) is 4.43. The second kappa shape index (κ2) is 5.79. The van der Waals surface area contributed by atoms with E-state index in [1.807, 2.05) is 26.8 Å². The van der Waals surface area contributed by atoms with Crippen molar-refractivity contribution in [3.05, 3.63) is 22.2 Å². The molecule has 0 spiro atoms. The van der Waals surface area contributed by atoms with Crippen molar-refractivity contribution in [3.8, 4) is 0 Å². The van der Waals surface area contributed by atoms with Crippen molar-refractivity contribution in [2.45, 2.75) is 46.6 Å². The molecular formula is C15H21N3OS. The van der Waals surface area contributed by atoms with Crippen LogP contribution in [0.5, 0.6) is 0 Å². The monoisotopic (exact) mass is 291 g/mol. The largest absolute Gasteiger partial charge is 0.397 e. The zero-order chi connectivity index (χ0) is 14.9. The summed E-state index contributed by atoms with van der Waals surface area (Å²) < 4.78 is 0. The molecule has 108 valence electrons. The average Bonchev–Trinajstić information content (AvgIpc) is 2.66. The molecule has 0 aliphatic heterocycles. The van der Waals surface area contributed by atoms with Crippen LogP contribution in [-0.2, 0) is 0 Å². The third-order valence-electron chi connectivity index (χ3n) is 3.33. The van der Waals surface area contributed by atoms with Crippen molar-refractivity contribution in [3.63, 3.8) is 0 Å². The number of thiophene rings is 1. The second-order valence-electron chi connectivity index (χ2n) is 5.27. The normalized spacial score (nSPS) is 12.6. The smallest absolute Gasteiger partial charge is 0.263 e. The summed E-state index contributed by atoms with van der Waals surface area (Å²) in [6.45, 7) is 8.07. The van der Waals surface area contributed by atoms with E-state index < -0.39 is 0 Å². The first kappa shape index (κ1) is 14.8. The van der Waals surface area contributed by atoms with Crippen molar-refractivity contribution in [1.29, 1.82) is 0 Å². The molecule has 2 aromatic rings. The fraction of sp³-hybridized carbons (Fsp3) is 0.467. The van der Waals surface area contributed by atoms with Gasteiger partial charge in [-0.1, -0.05) is 13.3 Å². The van der Waals surface area contributed by atoms with E-state index in [1.165, 1.54) is 11.3 Å². The first-order chi connectivity index (χ1) is 9.43. The lowest BCUT2D eigenvalue weighted by Crippen LogP contribution is -2.32. The number of hydrogen-bond acceptors (Lipinski definition) is 4. The molecular weight excluding hydrogens is 270 g/mol. The van der Waals surface area contributed by atoms with Crippen LogP contribution in [0.25, 0.3) is 10.2 Å². The van der Waals surface area contributed by atoms with Crippen LogP contribution in [0.3, 0.4) is 0 Å². The Morgan fingerprint density at radius 2 is 2.20 bits per heavy atom. The van der Waals surface area contributed by atoms with Gasteiger partial charge in [0.15, 0.2) is 0 Å². The van der Waals surface area contributed by atoms with Crippen LogP contribution >= 0.6 is 11.3 Å². The van der Waals surface area contributed by atoms with E-state index in [2.05, 4.69) is 17.2 Å².